The van der Waals surface area contributed by atoms with E-state index in [9.17, 15) is 19.8 Å². The second-order valence-corrected chi connectivity index (χ2v) is 19.0. The Balaban J connectivity index is 4.54. The van der Waals surface area contributed by atoms with Crippen molar-refractivity contribution in [2.75, 3.05) is 6.61 Å². The number of aliphatic hydroxyl groups is 2. The Hall–Kier alpha value is -1.66. The van der Waals surface area contributed by atoms with Crippen LogP contribution in [0.3, 0.4) is 0 Å². The van der Waals surface area contributed by atoms with Crippen LogP contribution in [0.2, 0.25) is 0 Å². The lowest BCUT2D eigenvalue weighted by atomic mass is 10.0. The molecule has 0 saturated heterocycles. The number of rotatable bonds is 50. The highest BCUT2D eigenvalue weighted by molar-refractivity contribution is 5.77. The third kappa shape index (κ3) is 44.9. The average molecular weight is 874 g/mol. The topological polar surface area (TPSA) is 95.9 Å². The summed E-state index contributed by atoms with van der Waals surface area (Å²) in [5.41, 5.74) is 0. The predicted molar refractivity (Wildman–Crippen MR) is 269 cm³/mol. The van der Waals surface area contributed by atoms with Gasteiger partial charge in [0.05, 0.1) is 25.2 Å². The van der Waals surface area contributed by atoms with Crippen LogP contribution in [0.15, 0.2) is 24.3 Å². The van der Waals surface area contributed by atoms with Gasteiger partial charge in [-0.1, -0.05) is 231 Å². The molecule has 0 heterocycles. The van der Waals surface area contributed by atoms with E-state index in [0.717, 1.165) is 70.6 Å². The van der Waals surface area contributed by atoms with E-state index in [1.54, 1.807) is 0 Å². The van der Waals surface area contributed by atoms with E-state index >= 15 is 0 Å². The molecule has 366 valence electrons. The van der Waals surface area contributed by atoms with Gasteiger partial charge in [-0.3, -0.25) is 9.59 Å². The Morgan fingerprint density at radius 1 is 0.452 bits per heavy atom. The zero-order chi connectivity index (χ0) is 45.2. The van der Waals surface area contributed by atoms with Gasteiger partial charge in [0.15, 0.2) is 0 Å². The molecular weight excluding hydrogens is 767 g/mol. The highest BCUT2D eigenvalue weighted by Crippen LogP contribution is 2.18. The van der Waals surface area contributed by atoms with Crippen molar-refractivity contribution in [1.82, 2.24) is 5.32 Å². The maximum absolute atomic E-state index is 13.2. The Morgan fingerprint density at radius 2 is 0.774 bits per heavy atom. The number of ether oxygens (including phenoxy) is 1. The summed E-state index contributed by atoms with van der Waals surface area (Å²) >= 11 is 0. The van der Waals surface area contributed by atoms with Crippen molar-refractivity contribution in [3.05, 3.63) is 24.3 Å². The number of nitrogens with one attached hydrogen (secondary N) is 1. The SMILES string of the molecule is CCCCCCCC/C=C/CCCCCCCC(CC(=O)NC(CO)C(O)CCCCCCCCCCCC)OC(=O)CCCCCCC/C=C/CCCCCCCCCCC. The van der Waals surface area contributed by atoms with Gasteiger partial charge in [0.1, 0.15) is 6.10 Å². The monoisotopic (exact) mass is 874 g/mol. The van der Waals surface area contributed by atoms with Crippen molar-refractivity contribution in [3.8, 4) is 0 Å². The largest absolute Gasteiger partial charge is 0.462 e. The fourth-order valence-corrected chi connectivity index (χ4v) is 8.54. The van der Waals surface area contributed by atoms with Gasteiger partial charge in [-0.25, -0.2) is 0 Å². The fraction of sp³-hybridized carbons (Fsp3) is 0.893. The van der Waals surface area contributed by atoms with Gasteiger partial charge in [0.2, 0.25) is 5.91 Å². The smallest absolute Gasteiger partial charge is 0.306 e. The Bertz CT molecular complexity index is 981. The first kappa shape index (κ1) is 60.3. The quantitative estimate of drug-likeness (QED) is 0.0321. The molecule has 1 amide bonds. The highest BCUT2D eigenvalue weighted by Gasteiger charge is 2.24. The Kier molecular flexibility index (Phi) is 49.0. The summed E-state index contributed by atoms with van der Waals surface area (Å²) in [5, 5.41) is 23.7. The normalized spacial score (nSPS) is 13.3. The summed E-state index contributed by atoms with van der Waals surface area (Å²) in [7, 11) is 0. The van der Waals surface area contributed by atoms with Crippen LogP contribution in [0.1, 0.15) is 297 Å². The number of hydrogen-bond donors (Lipinski definition) is 3. The summed E-state index contributed by atoms with van der Waals surface area (Å²) in [6.07, 6.45) is 58.1. The standard InChI is InChI=1S/C56H107NO5/c1-4-7-10-13-16-19-22-24-26-27-28-30-32-34-37-40-43-46-49-56(61)62-52(47-44-41-38-35-33-31-29-25-23-20-17-14-11-8-5-2)50-55(60)57-53(51-58)54(59)48-45-42-39-36-21-18-15-12-9-6-3/h25,28-30,52-54,58-59H,4-24,26-27,31-51H2,1-3H3,(H,57,60)/b29-25+,30-28+. The molecule has 0 aliphatic rings. The summed E-state index contributed by atoms with van der Waals surface area (Å²) in [4.78, 5) is 26.2. The zero-order valence-corrected chi connectivity index (χ0v) is 41.8. The first-order valence-electron chi connectivity index (χ1n) is 27.6. The summed E-state index contributed by atoms with van der Waals surface area (Å²) in [6, 6.07) is -0.701. The zero-order valence-electron chi connectivity index (χ0n) is 41.8. The second kappa shape index (κ2) is 50.3. The van der Waals surface area contributed by atoms with Crippen molar-refractivity contribution in [2.24, 2.45) is 0 Å². The van der Waals surface area contributed by atoms with Crippen molar-refractivity contribution in [3.63, 3.8) is 0 Å². The minimum absolute atomic E-state index is 0.0727. The van der Waals surface area contributed by atoms with Crippen molar-refractivity contribution in [1.29, 1.82) is 0 Å². The number of unbranched alkanes of at least 4 members (excludes halogenated alkanes) is 34. The third-order valence-electron chi connectivity index (χ3n) is 12.8. The Labute approximate surface area is 386 Å². The number of hydrogen-bond acceptors (Lipinski definition) is 5. The van der Waals surface area contributed by atoms with Crippen molar-refractivity contribution < 1.29 is 24.5 Å². The van der Waals surface area contributed by atoms with Gasteiger partial charge in [-0.15, -0.1) is 0 Å². The molecule has 0 aromatic heterocycles. The summed E-state index contributed by atoms with van der Waals surface area (Å²) in [5.74, 6) is -0.478. The van der Waals surface area contributed by atoms with Crippen LogP contribution < -0.4 is 5.32 Å². The summed E-state index contributed by atoms with van der Waals surface area (Å²) in [6.45, 7) is 6.49. The van der Waals surface area contributed by atoms with E-state index < -0.39 is 18.2 Å². The van der Waals surface area contributed by atoms with Gasteiger partial charge >= 0.3 is 5.97 Å². The van der Waals surface area contributed by atoms with E-state index in [0.29, 0.717) is 19.3 Å². The number of aliphatic hydroxyl groups excluding tert-OH is 2. The van der Waals surface area contributed by atoms with Gasteiger partial charge in [0, 0.05) is 6.42 Å². The molecule has 0 aromatic rings. The molecule has 0 spiro atoms. The van der Waals surface area contributed by atoms with Crippen LogP contribution in [-0.2, 0) is 14.3 Å². The van der Waals surface area contributed by atoms with E-state index in [2.05, 4.69) is 50.4 Å². The van der Waals surface area contributed by atoms with Crippen LogP contribution in [0.5, 0.6) is 0 Å². The molecule has 3 N–H and O–H groups in total. The molecule has 62 heavy (non-hydrogen) atoms. The molecular formula is C56H107NO5. The molecule has 0 saturated carbocycles. The molecule has 6 heteroatoms. The molecule has 0 aromatic carbocycles. The molecule has 3 atom stereocenters. The minimum Gasteiger partial charge on any atom is -0.462 e. The van der Waals surface area contributed by atoms with E-state index in [4.69, 9.17) is 4.74 Å². The lowest BCUT2D eigenvalue weighted by Gasteiger charge is -2.24. The first-order valence-corrected chi connectivity index (χ1v) is 27.6. The maximum Gasteiger partial charge on any atom is 0.306 e. The van der Waals surface area contributed by atoms with Crippen LogP contribution in [0.4, 0.5) is 0 Å². The lowest BCUT2D eigenvalue weighted by molar-refractivity contribution is -0.151. The van der Waals surface area contributed by atoms with Crippen LogP contribution >= 0.6 is 0 Å². The first-order chi connectivity index (χ1) is 30.5. The number of allylic oxidation sites excluding steroid dienone is 4. The van der Waals surface area contributed by atoms with Gasteiger partial charge in [-0.05, 0) is 77.0 Å². The van der Waals surface area contributed by atoms with E-state index in [1.807, 2.05) is 0 Å². The van der Waals surface area contributed by atoms with Gasteiger partial charge in [-0.2, -0.15) is 0 Å². The highest BCUT2D eigenvalue weighted by atomic mass is 16.5. The van der Waals surface area contributed by atoms with Crippen molar-refractivity contribution >= 4 is 11.9 Å². The minimum atomic E-state index is -0.787. The number of amides is 1. The van der Waals surface area contributed by atoms with Gasteiger partial charge in [0.25, 0.3) is 0 Å². The van der Waals surface area contributed by atoms with E-state index in [-0.39, 0.29) is 24.9 Å². The summed E-state index contributed by atoms with van der Waals surface area (Å²) < 4.78 is 5.94. The molecule has 0 fully saturated rings. The number of carbonyl (C=O) groups is 2. The molecule has 0 rings (SSSR count). The fourth-order valence-electron chi connectivity index (χ4n) is 8.54. The molecule has 0 aliphatic carbocycles. The Morgan fingerprint density at radius 3 is 1.15 bits per heavy atom. The lowest BCUT2D eigenvalue weighted by Crippen LogP contribution is -2.46. The molecule has 3 unspecified atom stereocenters. The second-order valence-electron chi connectivity index (χ2n) is 19.0. The van der Waals surface area contributed by atoms with Crippen LogP contribution in [0, 0.1) is 0 Å². The molecule has 0 radical (unpaired) electrons. The van der Waals surface area contributed by atoms with E-state index in [1.165, 1.54) is 180 Å². The number of esters is 1. The van der Waals surface area contributed by atoms with Crippen molar-refractivity contribution in [2.45, 2.75) is 315 Å². The number of carbonyl (C=O) groups excluding carboxylic acids is 2. The third-order valence-corrected chi connectivity index (χ3v) is 12.8. The van der Waals surface area contributed by atoms with Crippen LogP contribution in [-0.4, -0.2) is 46.9 Å². The average Bonchev–Trinajstić information content (AvgIpc) is 3.26. The molecule has 0 aliphatic heterocycles. The van der Waals surface area contributed by atoms with Gasteiger partial charge < -0.3 is 20.3 Å². The maximum atomic E-state index is 13.2. The van der Waals surface area contributed by atoms with Crippen LogP contribution in [0.25, 0.3) is 0 Å². The predicted octanol–water partition coefficient (Wildman–Crippen LogP) is 16.7. The molecule has 6 nitrogen and oxygen atoms in total. The molecule has 0 bridgehead atoms.